The van der Waals surface area contributed by atoms with Gasteiger partial charge in [0.15, 0.2) is 0 Å². The Bertz CT molecular complexity index is 1280. The molecular formula is C29H39N7O. The summed E-state index contributed by atoms with van der Waals surface area (Å²) in [6, 6.07) is 12.3. The van der Waals surface area contributed by atoms with Gasteiger partial charge in [0.2, 0.25) is 5.95 Å². The van der Waals surface area contributed by atoms with Crippen LogP contribution in [0.25, 0.3) is 11.0 Å². The van der Waals surface area contributed by atoms with Gasteiger partial charge in [-0.25, -0.2) is 4.98 Å². The van der Waals surface area contributed by atoms with Crippen molar-refractivity contribution in [2.45, 2.75) is 38.1 Å². The Labute approximate surface area is 219 Å². The summed E-state index contributed by atoms with van der Waals surface area (Å²) in [5.41, 5.74) is 3.01. The van der Waals surface area contributed by atoms with E-state index in [4.69, 9.17) is 4.98 Å². The Morgan fingerprint density at radius 3 is 2.51 bits per heavy atom. The van der Waals surface area contributed by atoms with E-state index in [0.29, 0.717) is 11.9 Å². The first-order valence-electron chi connectivity index (χ1n) is 13.9. The van der Waals surface area contributed by atoms with Crippen LogP contribution in [0, 0.1) is 11.8 Å². The predicted molar refractivity (Wildman–Crippen MR) is 150 cm³/mol. The average molecular weight is 502 g/mol. The third-order valence-corrected chi connectivity index (χ3v) is 8.64. The highest BCUT2D eigenvalue weighted by Gasteiger charge is 2.41. The molecule has 3 heterocycles. The molecule has 6 rings (SSSR count). The second-order valence-electron chi connectivity index (χ2n) is 11.4. The van der Waals surface area contributed by atoms with Crippen LogP contribution in [0.1, 0.15) is 38.1 Å². The van der Waals surface area contributed by atoms with Gasteiger partial charge < -0.3 is 15.1 Å². The molecule has 2 bridgehead atoms. The molecule has 1 aromatic carbocycles. The van der Waals surface area contributed by atoms with Gasteiger partial charge in [0.25, 0.3) is 5.56 Å². The number of aromatic nitrogens is 3. The molecule has 196 valence electrons. The van der Waals surface area contributed by atoms with Crippen molar-refractivity contribution in [3.63, 3.8) is 0 Å². The first kappa shape index (κ1) is 24.4. The fourth-order valence-electron chi connectivity index (χ4n) is 6.67. The number of rotatable bonds is 8. The zero-order valence-electron chi connectivity index (χ0n) is 22.1. The van der Waals surface area contributed by atoms with Crippen LogP contribution < -0.4 is 15.8 Å². The van der Waals surface area contributed by atoms with E-state index in [9.17, 15) is 4.79 Å². The molecular weight excluding hydrogens is 462 g/mol. The van der Waals surface area contributed by atoms with Crippen LogP contribution in [0.3, 0.4) is 0 Å². The molecule has 3 fully saturated rings. The topological polar surface area (TPSA) is 69.5 Å². The second-order valence-corrected chi connectivity index (χ2v) is 11.4. The third-order valence-electron chi connectivity index (χ3n) is 8.64. The maximum Gasteiger partial charge on any atom is 0.252 e. The van der Waals surface area contributed by atoms with Crippen molar-refractivity contribution < 1.29 is 0 Å². The standard InChI is InChI=1S/C29H39N7O/c1-33(2)12-3-13-34-14-16-35(17-15-34)25-9-7-24(8-10-25)31-29-30-20-23-6-11-27(37)36(28(23)32-29)26-19-21-4-5-22(26)18-21/h6-11,20-22,26H,3-5,12-19H2,1-2H3,(H,30,31,32). The molecule has 1 saturated heterocycles. The van der Waals surface area contributed by atoms with E-state index >= 15 is 0 Å². The Balaban J connectivity index is 1.12. The molecule has 3 unspecified atom stereocenters. The van der Waals surface area contributed by atoms with Crippen LogP contribution in [-0.2, 0) is 0 Å². The summed E-state index contributed by atoms with van der Waals surface area (Å²) in [7, 11) is 4.28. The Hall–Kier alpha value is -2.97. The van der Waals surface area contributed by atoms with Crippen LogP contribution in [-0.4, -0.2) is 77.7 Å². The number of hydrogen-bond acceptors (Lipinski definition) is 7. The largest absolute Gasteiger partial charge is 0.369 e. The van der Waals surface area contributed by atoms with Gasteiger partial charge in [-0.05, 0) is 95.0 Å². The zero-order valence-corrected chi connectivity index (χ0v) is 22.1. The lowest BCUT2D eigenvalue weighted by molar-refractivity contribution is 0.242. The van der Waals surface area contributed by atoms with Crippen LogP contribution in [0.15, 0.2) is 47.4 Å². The molecule has 3 aromatic rings. The minimum Gasteiger partial charge on any atom is -0.369 e. The fourth-order valence-corrected chi connectivity index (χ4v) is 6.67. The highest BCUT2D eigenvalue weighted by atomic mass is 16.1. The van der Waals surface area contributed by atoms with E-state index in [1.54, 1.807) is 6.07 Å². The van der Waals surface area contributed by atoms with Gasteiger partial charge in [0, 0.05) is 61.2 Å². The van der Waals surface area contributed by atoms with Crippen molar-refractivity contribution in [2.75, 3.05) is 63.6 Å². The number of anilines is 3. The van der Waals surface area contributed by atoms with Gasteiger partial charge >= 0.3 is 0 Å². The summed E-state index contributed by atoms with van der Waals surface area (Å²) >= 11 is 0. The lowest BCUT2D eigenvalue weighted by Crippen LogP contribution is -2.46. The lowest BCUT2D eigenvalue weighted by atomic mass is 9.95. The summed E-state index contributed by atoms with van der Waals surface area (Å²) in [6.07, 6.45) is 7.95. The molecule has 1 N–H and O–H groups in total. The van der Waals surface area contributed by atoms with Crippen molar-refractivity contribution in [3.8, 4) is 0 Å². The maximum absolute atomic E-state index is 12.9. The fraction of sp³-hybridized carbons (Fsp3) is 0.552. The molecule has 2 aromatic heterocycles. The highest BCUT2D eigenvalue weighted by molar-refractivity contribution is 5.76. The molecule has 0 amide bonds. The average Bonchev–Trinajstić information content (AvgIpc) is 3.53. The predicted octanol–water partition coefficient (Wildman–Crippen LogP) is 3.97. The minimum absolute atomic E-state index is 0.0526. The van der Waals surface area contributed by atoms with Gasteiger partial charge in [-0.1, -0.05) is 6.42 Å². The van der Waals surface area contributed by atoms with Crippen molar-refractivity contribution in [3.05, 3.63) is 52.9 Å². The smallest absolute Gasteiger partial charge is 0.252 e. The van der Waals surface area contributed by atoms with Gasteiger partial charge in [0.1, 0.15) is 5.65 Å². The summed E-state index contributed by atoms with van der Waals surface area (Å²) in [5.74, 6) is 1.90. The van der Waals surface area contributed by atoms with E-state index in [2.05, 4.69) is 63.4 Å². The van der Waals surface area contributed by atoms with E-state index in [-0.39, 0.29) is 11.6 Å². The molecule has 8 nitrogen and oxygen atoms in total. The number of fused-ring (bicyclic) bond motifs is 3. The quantitative estimate of drug-likeness (QED) is 0.501. The second kappa shape index (κ2) is 10.4. The summed E-state index contributed by atoms with van der Waals surface area (Å²) < 4.78 is 1.95. The monoisotopic (exact) mass is 501 g/mol. The van der Waals surface area contributed by atoms with Crippen molar-refractivity contribution >= 4 is 28.4 Å². The van der Waals surface area contributed by atoms with Crippen LogP contribution >= 0.6 is 0 Å². The lowest BCUT2D eigenvalue weighted by Gasteiger charge is -2.36. The molecule has 8 heteroatoms. The van der Waals surface area contributed by atoms with Crippen molar-refractivity contribution in [1.82, 2.24) is 24.3 Å². The summed E-state index contributed by atoms with van der Waals surface area (Å²) in [6.45, 7) is 6.67. The molecule has 1 aliphatic heterocycles. The molecule has 2 aliphatic carbocycles. The van der Waals surface area contributed by atoms with Crippen LogP contribution in [0.4, 0.5) is 17.3 Å². The van der Waals surface area contributed by atoms with Gasteiger partial charge in [-0.3, -0.25) is 14.3 Å². The SMILES string of the molecule is CN(C)CCCN1CCN(c2ccc(Nc3ncc4ccc(=O)n(C5CC6CCC5C6)c4n3)cc2)CC1. The molecule has 0 spiro atoms. The Morgan fingerprint density at radius 1 is 1.00 bits per heavy atom. The van der Waals surface area contributed by atoms with Crippen molar-refractivity contribution in [1.29, 1.82) is 0 Å². The first-order chi connectivity index (χ1) is 18.0. The summed E-state index contributed by atoms with van der Waals surface area (Å²) in [5, 5.41) is 4.29. The van der Waals surface area contributed by atoms with E-state index < -0.39 is 0 Å². The van der Waals surface area contributed by atoms with E-state index in [0.717, 1.165) is 61.8 Å². The zero-order chi connectivity index (χ0) is 25.4. The number of pyridine rings is 1. The first-order valence-corrected chi connectivity index (χ1v) is 13.9. The van der Waals surface area contributed by atoms with Gasteiger partial charge in [0.05, 0.1) is 0 Å². The maximum atomic E-state index is 12.9. The van der Waals surface area contributed by atoms with Gasteiger partial charge in [-0.15, -0.1) is 0 Å². The number of nitrogens with one attached hydrogen (secondary N) is 1. The Kier molecular flexibility index (Phi) is 6.86. The van der Waals surface area contributed by atoms with Crippen LogP contribution in [0.2, 0.25) is 0 Å². The molecule has 3 atom stereocenters. The normalized spacial score (nSPS) is 23.9. The number of piperazine rings is 1. The van der Waals surface area contributed by atoms with E-state index in [1.165, 1.54) is 37.9 Å². The third kappa shape index (κ3) is 5.22. The highest BCUT2D eigenvalue weighted by Crippen LogP contribution is 2.50. The number of hydrogen-bond donors (Lipinski definition) is 1. The summed E-state index contributed by atoms with van der Waals surface area (Å²) in [4.78, 5) is 29.6. The molecule has 3 aliphatic rings. The van der Waals surface area contributed by atoms with Crippen molar-refractivity contribution in [2.24, 2.45) is 11.8 Å². The minimum atomic E-state index is 0.0526. The number of benzene rings is 1. The van der Waals surface area contributed by atoms with Crippen LogP contribution in [0.5, 0.6) is 0 Å². The van der Waals surface area contributed by atoms with Gasteiger partial charge in [-0.2, -0.15) is 4.98 Å². The number of nitrogens with zero attached hydrogens (tertiary/aromatic N) is 6. The molecule has 2 saturated carbocycles. The molecule has 0 radical (unpaired) electrons. The molecule has 37 heavy (non-hydrogen) atoms. The van der Waals surface area contributed by atoms with E-state index in [1.807, 2.05) is 16.8 Å². The Morgan fingerprint density at radius 2 is 1.81 bits per heavy atom.